The molecule has 142 valence electrons. The van der Waals surface area contributed by atoms with E-state index >= 15 is 0 Å². The maximum absolute atomic E-state index is 11.6. The summed E-state index contributed by atoms with van der Waals surface area (Å²) >= 11 is 0. The van der Waals surface area contributed by atoms with Crippen LogP contribution in [0.3, 0.4) is 0 Å². The Bertz CT molecular complexity index is 763. The van der Waals surface area contributed by atoms with E-state index in [1.54, 1.807) is 30.3 Å². The second-order valence-corrected chi connectivity index (χ2v) is 5.13. The SMILES string of the molecule is N.O=NN(O)Cc1ccc(OCC(=O)NN=CC=Cc2ccccc2)cc1. The third kappa shape index (κ3) is 8.38. The summed E-state index contributed by atoms with van der Waals surface area (Å²) < 4.78 is 5.32. The number of allylic oxidation sites excluding steroid dienone is 1. The lowest BCUT2D eigenvalue weighted by Gasteiger charge is -2.08. The zero-order valence-corrected chi connectivity index (χ0v) is 14.6. The highest BCUT2D eigenvalue weighted by Gasteiger charge is 2.03. The summed E-state index contributed by atoms with van der Waals surface area (Å²) in [5, 5.41) is 15.4. The number of carbonyl (C=O) groups excluding carboxylic acids is 1. The van der Waals surface area contributed by atoms with Crippen molar-refractivity contribution in [3.63, 3.8) is 0 Å². The first-order chi connectivity index (χ1) is 12.7. The van der Waals surface area contributed by atoms with Crippen LogP contribution >= 0.6 is 0 Å². The maximum atomic E-state index is 11.6. The summed E-state index contributed by atoms with van der Waals surface area (Å²) in [7, 11) is 0. The summed E-state index contributed by atoms with van der Waals surface area (Å²) in [6.45, 7) is -0.226. The van der Waals surface area contributed by atoms with Gasteiger partial charge in [-0.25, -0.2) is 5.43 Å². The molecule has 2 aromatic rings. The van der Waals surface area contributed by atoms with Gasteiger partial charge < -0.3 is 10.9 Å². The molecule has 0 aliphatic carbocycles. The van der Waals surface area contributed by atoms with Crippen molar-refractivity contribution in [2.45, 2.75) is 6.54 Å². The Labute approximate surface area is 156 Å². The molecule has 0 unspecified atom stereocenters. The minimum Gasteiger partial charge on any atom is -0.484 e. The third-order valence-corrected chi connectivity index (χ3v) is 3.15. The molecule has 0 saturated carbocycles. The number of hydrazone groups is 1. The second kappa shape index (κ2) is 11.9. The van der Waals surface area contributed by atoms with Crippen LogP contribution in [-0.4, -0.2) is 29.1 Å². The van der Waals surface area contributed by atoms with Crippen LogP contribution in [0.2, 0.25) is 0 Å². The first-order valence-electron chi connectivity index (χ1n) is 7.72. The van der Waals surface area contributed by atoms with Crippen molar-refractivity contribution in [2.24, 2.45) is 10.4 Å². The van der Waals surface area contributed by atoms with Gasteiger partial charge in [0.25, 0.3) is 5.91 Å². The van der Waals surface area contributed by atoms with Gasteiger partial charge in [-0.2, -0.15) is 5.10 Å². The highest BCUT2D eigenvalue weighted by molar-refractivity contribution is 5.81. The first-order valence-corrected chi connectivity index (χ1v) is 7.72. The first kappa shape index (κ1) is 21.5. The van der Waals surface area contributed by atoms with Gasteiger partial charge in [0.05, 0.1) is 11.8 Å². The van der Waals surface area contributed by atoms with Gasteiger partial charge in [0, 0.05) is 6.21 Å². The molecule has 0 heterocycles. The van der Waals surface area contributed by atoms with Crippen LogP contribution < -0.4 is 16.3 Å². The van der Waals surface area contributed by atoms with Crippen LogP contribution in [0.5, 0.6) is 5.75 Å². The molecule has 0 fully saturated rings. The van der Waals surface area contributed by atoms with Gasteiger partial charge in [0.2, 0.25) is 0 Å². The van der Waals surface area contributed by atoms with Crippen LogP contribution in [-0.2, 0) is 11.3 Å². The Morgan fingerprint density at radius 3 is 2.52 bits per heavy atom. The number of hydrogen-bond acceptors (Lipinski definition) is 7. The normalized spacial score (nSPS) is 10.4. The largest absolute Gasteiger partial charge is 0.484 e. The van der Waals surface area contributed by atoms with Crippen LogP contribution in [0.1, 0.15) is 11.1 Å². The lowest BCUT2D eigenvalue weighted by molar-refractivity contribution is -0.123. The lowest BCUT2D eigenvalue weighted by Crippen LogP contribution is -2.24. The minimum atomic E-state index is -0.398. The van der Waals surface area contributed by atoms with Crippen molar-refractivity contribution in [1.82, 2.24) is 16.7 Å². The highest BCUT2D eigenvalue weighted by atomic mass is 16.6. The summed E-state index contributed by atoms with van der Waals surface area (Å²) in [6.07, 6.45) is 5.05. The van der Waals surface area contributed by atoms with E-state index < -0.39 is 5.91 Å². The van der Waals surface area contributed by atoms with Gasteiger partial charge in [0.15, 0.2) is 6.61 Å². The van der Waals surface area contributed by atoms with Gasteiger partial charge >= 0.3 is 0 Å². The van der Waals surface area contributed by atoms with Crippen LogP contribution in [0.25, 0.3) is 6.08 Å². The molecule has 9 nitrogen and oxygen atoms in total. The summed E-state index contributed by atoms with van der Waals surface area (Å²) in [5.41, 5.74) is 4.05. The fraction of sp³-hybridized carbons (Fsp3) is 0.111. The Kier molecular flexibility index (Phi) is 9.47. The average Bonchev–Trinajstić information content (AvgIpc) is 2.68. The van der Waals surface area contributed by atoms with E-state index in [2.05, 4.69) is 15.8 Å². The molecule has 0 aliphatic heterocycles. The van der Waals surface area contributed by atoms with Gasteiger partial charge in [-0.3, -0.25) is 10.0 Å². The third-order valence-electron chi connectivity index (χ3n) is 3.15. The van der Waals surface area contributed by atoms with E-state index in [9.17, 15) is 9.70 Å². The molecular weight excluding hydrogens is 350 g/mol. The van der Waals surface area contributed by atoms with E-state index in [0.717, 1.165) is 5.56 Å². The second-order valence-electron chi connectivity index (χ2n) is 5.13. The molecule has 5 N–H and O–H groups in total. The predicted octanol–water partition coefficient (Wildman–Crippen LogP) is 2.92. The molecule has 2 aromatic carbocycles. The highest BCUT2D eigenvalue weighted by Crippen LogP contribution is 2.13. The van der Waals surface area contributed by atoms with Crippen molar-refractivity contribution >= 4 is 18.2 Å². The summed E-state index contributed by atoms with van der Waals surface area (Å²) in [4.78, 5) is 21.7. The van der Waals surface area contributed by atoms with Gasteiger partial charge in [-0.05, 0) is 29.3 Å². The molecule has 0 saturated heterocycles. The number of nitroso groups, excluding NO2 is 1. The number of amides is 1. The molecule has 27 heavy (non-hydrogen) atoms. The standard InChI is InChI=1S/C18H18N4O4.H3N/c23-18(20-19-12-4-7-15-5-2-1-3-6-15)14-26-17-10-8-16(9-11-17)13-22(25)21-24;/h1-12,25H,13-14H2,(H,20,23);1H3. The molecule has 9 heteroatoms. The van der Waals surface area contributed by atoms with Crippen LogP contribution in [0.15, 0.2) is 71.1 Å². The number of nitrogens with one attached hydrogen (secondary N) is 1. The fourth-order valence-electron chi connectivity index (χ4n) is 1.94. The van der Waals surface area contributed by atoms with Crippen molar-refractivity contribution in [1.29, 1.82) is 0 Å². The lowest BCUT2D eigenvalue weighted by atomic mass is 10.2. The molecule has 0 atom stereocenters. The van der Waals surface area contributed by atoms with Crippen molar-refractivity contribution in [3.8, 4) is 5.75 Å². The molecule has 0 aromatic heterocycles. The van der Waals surface area contributed by atoms with Crippen LogP contribution in [0.4, 0.5) is 0 Å². The molecular formula is C18H21N5O4. The Morgan fingerprint density at radius 1 is 1.15 bits per heavy atom. The fourth-order valence-corrected chi connectivity index (χ4v) is 1.94. The number of rotatable bonds is 9. The predicted molar refractivity (Wildman–Crippen MR) is 102 cm³/mol. The minimum absolute atomic E-state index is 0. The smallest absolute Gasteiger partial charge is 0.277 e. The number of hydroxylamine groups is 1. The number of hydrogen-bond donors (Lipinski definition) is 3. The van der Waals surface area contributed by atoms with Crippen LogP contribution in [0, 0.1) is 4.91 Å². The Morgan fingerprint density at radius 2 is 1.85 bits per heavy atom. The van der Waals surface area contributed by atoms with E-state index in [0.29, 0.717) is 11.3 Å². The topological polar surface area (TPSA) is 139 Å². The number of carbonyl (C=O) groups is 1. The zero-order valence-electron chi connectivity index (χ0n) is 14.6. The van der Waals surface area contributed by atoms with E-state index in [1.807, 2.05) is 36.4 Å². The quantitative estimate of drug-likeness (QED) is 0.352. The summed E-state index contributed by atoms with van der Waals surface area (Å²) in [5.74, 6) is 0.0746. The van der Waals surface area contributed by atoms with Crippen molar-refractivity contribution in [2.75, 3.05) is 6.61 Å². The zero-order chi connectivity index (χ0) is 18.6. The van der Waals surface area contributed by atoms with Crippen molar-refractivity contribution < 1.29 is 14.7 Å². The van der Waals surface area contributed by atoms with Gasteiger partial charge in [-0.1, -0.05) is 48.5 Å². The number of benzene rings is 2. The summed E-state index contributed by atoms with van der Waals surface area (Å²) in [6, 6.07) is 16.2. The number of nitrogens with zero attached hydrogens (tertiary/aromatic N) is 3. The Balaban J connectivity index is 0.00000364. The number of ether oxygens (including phenoxy) is 1. The molecule has 0 spiro atoms. The van der Waals surface area contributed by atoms with Gasteiger partial charge in [0.1, 0.15) is 5.75 Å². The monoisotopic (exact) mass is 371 g/mol. The van der Waals surface area contributed by atoms with E-state index in [4.69, 9.17) is 9.94 Å². The van der Waals surface area contributed by atoms with E-state index in [1.165, 1.54) is 6.21 Å². The molecule has 0 radical (unpaired) electrons. The molecule has 2 rings (SSSR count). The Hall–Kier alpha value is -3.56. The average molecular weight is 371 g/mol. The maximum Gasteiger partial charge on any atom is 0.277 e. The van der Waals surface area contributed by atoms with Gasteiger partial charge in [-0.15, -0.1) is 10.1 Å². The molecule has 1 amide bonds. The van der Waals surface area contributed by atoms with Crippen molar-refractivity contribution in [3.05, 3.63) is 76.7 Å². The van der Waals surface area contributed by atoms with E-state index in [-0.39, 0.29) is 24.5 Å². The molecule has 0 aliphatic rings. The molecule has 0 bridgehead atoms.